The molecule has 0 bridgehead atoms. The lowest BCUT2D eigenvalue weighted by molar-refractivity contribution is -0.538. The Labute approximate surface area is 197 Å². The Hall–Kier alpha value is -3.64. The molecule has 2 heterocycles. The predicted octanol–water partition coefficient (Wildman–Crippen LogP) is 7.30. The van der Waals surface area contributed by atoms with Gasteiger partial charge in [0.25, 0.3) is 0 Å². The minimum absolute atomic E-state index is 0.847. The second-order valence-corrected chi connectivity index (χ2v) is 8.72. The summed E-state index contributed by atoms with van der Waals surface area (Å²) in [4.78, 5) is 7.37. The van der Waals surface area contributed by atoms with E-state index in [0.717, 1.165) is 57.8 Å². The topological polar surface area (TPSA) is 44.7 Å². The molecule has 0 atom stereocenters. The van der Waals surface area contributed by atoms with E-state index < -0.39 is 0 Å². The zero-order valence-electron chi connectivity index (χ0n) is 19.1. The van der Waals surface area contributed by atoms with Gasteiger partial charge in [0.05, 0.1) is 11.4 Å². The van der Waals surface area contributed by atoms with E-state index in [-0.39, 0.29) is 0 Å². The summed E-state index contributed by atoms with van der Waals surface area (Å²) >= 11 is 1.62. The van der Waals surface area contributed by atoms with E-state index >= 15 is 0 Å². The highest BCUT2D eigenvalue weighted by Gasteiger charge is 2.22. The first-order valence-corrected chi connectivity index (χ1v) is 12.2. The molecule has 0 fully saturated rings. The minimum atomic E-state index is 0.847. The van der Waals surface area contributed by atoms with Crippen molar-refractivity contribution in [1.29, 1.82) is 0 Å². The Morgan fingerprint density at radius 1 is 0.879 bits per heavy atom. The first kappa shape index (κ1) is 21.2. The maximum absolute atomic E-state index is 5.02. The molecule has 0 N–H and O–H groups in total. The van der Waals surface area contributed by atoms with E-state index in [1.54, 1.807) is 11.3 Å². The Bertz CT molecular complexity index is 1440. The quantitative estimate of drug-likeness (QED) is 0.154. The van der Waals surface area contributed by atoms with Gasteiger partial charge in [0.2, 0.25) is 16.7 Å². The fourth-order valence-corrected chi connectivity index (χ4v) is 4.72. The lowest BCUT2D eigenvalue weighted by Crippen LogP contribution is -2.33. The fraction of sp³-hybridized carbons (Fsp3) is 0.185. The van der Waals surface area contributed by atoms with Gasteiger partial charge in [0, 0.05) is 48.4 Å². The molecule has 0 saturated carbocycles. The summed E-state index contributed by atoms with van der Waals surface area (Å²) in [6.45, 7) is 8.35. The monoisotopic (exact) mass is 452 g/mol. The van der Waals surface area contributed by atoms with Gasteiger partial charge >= 0.3 is 0 Å². The zero-order chi connectivity index (χ0) is 22.8. The summed E-state index contributed by atoms with van der Waals surface area (Å²) in [5.41, 5.74) is 9.04. The lowest BCUT2D eigenvalue weighted by atomic mass is 10.1. The normalized spacial score (nSPS) is 11.6. The molecule has 3 aromatic carbocycles. The van der Waals surface area contributed by atoms with Crippen LogP contribution in [0.2, 0.25) is 0 Å². The third kappa shape index (κ3) is 4.10. The van der Waals surface area contributed by atoms with Gasteiger partial charge in [0.15, 0.2) is 0 Å². The van der Waals surface area contributed by atoms with Gasteiger partial charge in [-0.25, -0.2) is 4.98 Å². The molecule has 33 heavy (non-hydrogen) atoms. The fourth-order valence-electron chi connectivity index (χ4n) is 4.16. The molecule has 0 aliphatic rings. The van der Waals surface area contributed by atoms with Gasteiger partial charge in [-0.2, -0.15) is 11.3 Å². The van der Waals surface area contributed by atoms with Crippen LogP contribution in [0, 0.1) is 6.92 Å². The molecule has 0 saturated heterocycles. The molecular weight excluding hydrogens is 426 g/mol. The molecule has 2 aromatic heterocycles. The highest BCUT2D eigenvalue weighted by Crippen LogP contribution is 2.29. The van der Waals surface area contributed by atoms with Crippen molar-refractivity contribution in [2.45, 2.75) is 20.8 Å². The SMILES string of the molecule is CCN(CC)c1ccc2nc3cc(C)c(N=Nc4ccsc4)cc3[n+](-c3ccccc3)c2c1. The van der Waals surface area contributed by atoms with Gasteiger partial charge in [-0.05, 0) is 56.0 Å². The van der Waals surface area contributed by atoms with Crippen molar-refractivity contribution in [3.63, 3.8) is 0 Å². The maximum Gasteiger partial charge on any atom is 0.239 e. The first-order valence-electron chi connectivity index (χ1n) is 11.2. The number of fused-ring (bicyclic) bond motifs is 2. The number of nitrogens with zero attached hydrogens (tertiary/aromatic N) is 5. The van der Waals surface area contributed by atoms with Crippen molar-refractivity contribution in [3.05, 3.63) is 83.1 Å². The van der Waals surface area contributed by atoms with Crippen LogP contribution in [0.15, 0.2) is 87.7 Å². The average molecular weight is 453 g/mol. The van der Waals surface area contributed by atoms with Crippen LogP contribution in [-0.2, 0) is 0 Å². The number of hydrogen-bond acceptors (Lipinski definition) is 5. The van der Waals surface area contributed by atoms with E-state index in [9.17, 15) is 0 Å². The van der Waals surface area contributed by atoms with Gasteiger partial charge in [-0.1, -0.05) is 18.2 Å². The summed E-state index contributed by atoms with van der Waals surface area (Å²) in [7, 11) is 0. The van der Waals surface area contributed by atoms with Gasteiger partial charge in [0.1, 0.15) is 11.0 Å². The van der Waals surface area contributed by atoms with Crippen molar-refractivity contribution in [1.82, 2.24) is 4.98 Å². The molecule has 5 rings (SSSR count). The largest absolute Gasteiger partial charge is 0.372 e. The van der Waals surface area contributed by atoms with E-state index in [0.29, 0.717) is 0 Å². The van der Waals surface area contributed by atoms with Crippen LogP contribution in [0.3, 0.4) is 0 Å². The number of aromatic nitrogens is 2. The third-order valence-corrected chi connectivity index (χ3v) is 6.57. The van der Waals surface area contributed by atoms with Gasteiger partial charge < -0.3 is 4.90 Å². The summed E-state index contributed by atoms with van der Waals surface area (Å²) in [5.74, 6) is 0. The Balaban J connectivity index is 1.79. The molecule has 0 radical (unpaired) electrons. The highest BCUT2D eigenvalue weighted by atomic mass is 32.1. The second kappa shape index (κ2) is 9.08. The van der Waals surface area contributed by atoms with Crippen molar-refractivity contribution in [3.8, 4) is 5.69 Å². The first-order chi connectivity index (χ1) is 16.2. The Morgan fingerprint density at radius 2 is 1.67 bits per heavy atom. The second-order valence-electron chi connectivity index (χ2n) is 7.94. The van der Waals surface area contributed by atoms with E-state index in [1.165, 1.54) is 5.69 Å². The number of para-hydroxylation sites is 1. The number of azo groups is 1. The Kier molecular flexibility index (Phi) is 5.84. The number of hydrogen-bond donors (Lipinski definition) is 0. The van der Waals surface area contributed by atoms with Crippen LogP contribution in [0.25, 0.3) is 27.8 Å². The molecule has 0 spiro atoms. The third-order valence-electron chi connectivity index (χ3n) is 5.90. The predicted molar refractivity (Wildman–Crippen MR) is 138 cm³/mol. The maximum atomic E-state index is 5.02. The number of thiophene rings is 1. The molecule has 0 aliphatic heterocycles. The van der Waals surface area contributed by atoms with Crippen LogP contribution < -0.4 is 9.47 Å². The van der Waals surface area contributed by atoms with E-state index in [2.05, 4.69) is 95.1 Å². The van der Waals surface area contributed by atoms with Crippen molar-refractivity contribution in [2.75, 3.05) is 18.0 Å². The summed E-state index contributed by atoms with van der Waals surface area (Å²) in [5, 5.41) is 13.0. The van der Waals surface area contributed by atoms with Crippen LogP contribution in [0.4, 0.5) is 17.1 Å². The molecule has 164 valence electrons. The number of anilines is 1. The van der Waals surface area contributed by atoms with E-state index in [1.807, 2.05) is 22.9 Å². The Morgan fingerprint density at radius 3 is 2.39 bits per heavy atom. The van der Waals surface area contributed by atoms with Crippen molar-refractivity contribution in [2.24, 2.45) is 10.2 Å². The lowest BCUT2D eigenvalue weighted by Gasteiger charge is -2.20. The summed E-state index contributed by atoms with van der Waals surface area (Å²) in [6.07, 6.45) is 0. The van der Waals surface area contributed by atoms with Gasteiger partial charge in [-0.3, -0.25) is 0 Å². The van der Waals surface area contributed by atoms with Crippen molar-refractivity contribution < 1.29 is 4.57 Å². The zero-order valence-corrected chi connectivity index (χ0v) is 19.9. The minimum Gasteiger partial charge on any atom is -0.372 e. The number of benzene rings is 3. The molecule has 0 amide bonds. The molecule has 5 nitrogen and oxygen atoms in total. The number of aryl methyl sites for hydroxylation is 1. The van der Waals surface area contributed by atoms with Crippen LogP contribution in [-0.4, -0.2) is 18.1 Å². The molecule has 5 aromatic rings. The summed E-state index contributed by atoms with van der Waals surface area (Å²) < 4.78 is 2.29. The smallest absolute Gasteiger partial charge is 0.239 e. The highest BCUT2D eigenvalue weighted by molar-refractivity contribution is 7.08. The average Bonchev–Trinajstić information content (AvgIpc) is 3.36. The van der Waals surface area contributed by atoms with Crippen LogP contribution in [0.1, 0.15) is 19.4 Å². The molecule has 0 unspecified atom stereocenters. The van der Waals surface area contributed by atoms with Crippen LogP contribution >= 0.6 is 11.3 Å². The molecule has 6 heteroatoms. The van der Waals surface area contributed by atoms with Gasteiger partial charge in [-0.15, -0.1) is 14.8 Å². The number of rotatable bonds is 6. The van der Waals surface area contributed by atoms with E-state index in [4.69, 9.17) is 4.98 Å². The van der Waals surface area contributed by atoms with Crippen molar-refractivity contribution >= 4 is 50.5 Å². The standard InChI is InChI=1S/C27H26N5S/c1-4-31(5-2)22-11-12-23-26(16-22)32(21-9-7-6-8-10-21)27-17-24(19(3)15-25(27)28-23)30-29-20-13-14-33-18-20/h6-18H,4-5H2,1-3H3/q+1. The van der Waals surface area contributed by atoms with Crippen LogP contribution in [0.5, 0.6) is 0 Å². The summed E-state index contributed by atoms with van der Waals surface area (Å²) in [6, 6.07) is 23.2. The molecule has 0 aliphatic carbocycles. The molecular formula is C27H26N5S+.